The van der Waals surface area contributed by atoms with Crippen LogP contribution in [0.25, 0.3) is 0 Å². The highest BCUT2D eigenvalue weighted by atomic mass is 35.5. The molecule has 0 spiro atoms. The van der Waals surface area contributed by atoms with E-state index >= 15 is 0 Å². The van der Waals surface area contributed by atoms with Crippen LogP contribution in [-0.2, 0) is 10.4 Å². The zero-order valence-corrected chi connectivity index (χ0v) is 11.3. The molecule has 2 rings (SSSR count). The monoisotopic (exact) mass is 281 g/mol. The van der Waals surface area contributed by atoms with Gasteiger partial charge in [-0.25, -0.2) is 0 Å². The maximum atomic E-state index is 12.1. The maximum absolute atomic E-state index is 12.1. The van der Waals surface area contributed by atoms with Crippen LogP contribution in [0.5, 0.6) is 0 Å². The van der Waals surface area contributed by atoms with E-state index in [0.717, 1.165) is 0 Å². The van der Waals surface area contributed by atoms with Gasteiger partial charge in [0.1, 0.15) is 0 Å². The number of hydrogen-bond acceptors (Lipinski definition) is 3. The molecular formula is C14H16ClNO3. The Labute approximate surface area is 116 Å². The fourth-order valence-corrected chi connectivity index (χ4v) is 2.42. The number of fused-ring (bicyclic) bond motifs is 1. The molecule has 102 valence electrons. The van der Waals surface area contributed by atoms with E-state index in [1.807, 2.05) is 0 Å². The molecule has 1 aliphatic rings. The molecule has 0 saturated heterocycles. The largest absolute Gasteiger partial charge is 0.396 e. The van der Waals surface area contributed by atoms with Gasteiger partial charge in [0.15, 0.2) is 5.60 Å². The summed E-state index contributed by atoms with van der Waals surface area (Å²) in [7, 11) is 0. The van der Waals surface area contributed by atoms with E-state index in [9.17, 15) is 9.90 Å². The highest BCUT2D eigenvalue weighted by molar-refractivity contribution is 6.31. The van der Waals surface area contributed by atoms with Crippen LogP contribution >= 0.6 is 11.6 Å². The molecule has 0 aliphatic carbocycles. The third kappa shape index (κ3) is 2.39. The minimum absolute atomic E-state index is 0.0380. The van der Waals surface area contributed by atoms with Gasteiger partial charge in [0.2, 0.25) is 0 Å². The number of carbonyl (C=O) groups excluding carboxylic acids is 1. The maximum Gasteiger partial charge on any atom is 0.261 e. The van der Waals surface area contributed by atoms with Crippen molar-refractivity contribution in [2.24, 2.45) is 5.92 Å². The molecule has 0 saturated carbocycles. The number of benzene rings is 1. The van der Waals surface area contributed by atoms with Crippen LogP contribution in [-0.4, -0.2) is 22.7 Å². The van der Waals surface area contributed by atoms with Crippen molar-refractivity contribution in [3.63, 3.8) is 0 Å². The molecule has 4 nitrogen and oxygen atoms in total. The lowest BCUT2D eigenvalue weighted by Crippen LogP contribution is -2.39. The SMILES string of the molecule is C[C@H](/C=C/CCO)[C@@]1(O)C(=O)Nc2ccc(Cl)cc21. The van der Waals surface area contributed by atoms with Crippen molar-refractivity contribution in [2.75, 3.05) is 11.9 Å². The molecule has 1 aromatic carbocycles. The molecule has 5 heteroatoms. The molecule has 1 aliphatic heterocycles. The van der Waals surface area contributed by atoms with Gasteiger partial charge >= 0.3 is 0 Å². The fourth-order valence-electron chi connectivity index (χ4n) is 2.25. The number of nitrogens with one attached hydrogen (secondary N) is 1. The highest BCUT2D eigenvalue weighted by Gasteiger charge is 2.48. The molecule has 2 atom stereocenters. The van der Waals surface area contributed by atoms with Crippen LogP contribution in [0.15, 0.2) is 30.4 Å². The number of aliphatic hydroxyl groups is 2. The van der Waals surface area contributed by atoms with Crippen molar-refractivity contribution in [1.29, 1.82) is 0 Å². The molecule has 0 fully saturated rings. The Bertz CT molecular complexity index is 529. The van der Waals surface area contributed by atoms with Crippen molar-refractivity contribution in [3.8, 4) is 0 Å². The number of anilines is 1. The molecule has 0 bridgehead atoms. The zero-order chi connectivity index (χ0) is 14.0. The second kappa shape index (κ2) is 5.33. The summed E-state index contributed by atoms with van der Waals surface area (Å²) in [5.74, 6) is -0.871. The van der Waals surface area contributed by atoms with Gasteiger partial charge in [-0.3, -0.25) is 4.79 Å². The minimum Gasteiger partial charge on any atom is -0.396 e. The Morgan fingerprint density at radius 3 is 2.95 bits per heavy atom. The molecule has 0 unspecified atom stereocenters. The Kier molecular flexibility index (Phi) is 3.94. The van der Waals surface area contributed by atoms with Gasteiger partial charge in [-0.1, -0.05) is 30.7 Å². The first-order valence-corrected chi connectivity index (χ1v) is 6.49. The van der Waals surface area contributed by atoms with Crippen LogP contribution in [0.4, 0.5) is 5.69 Å². The first-order chi connectivity index (χ1) is 9.00. The molecule has 19 heavy (non-hydrogen) atoms. The summed E-state index contributed by atoms with van der Waals surface area (Å²) in [4.78, 5) is 12.1. The predicted molar refractivity (Wildman–Crippen MR) is 74.0 cm³/mol. The van der Waals surface area contributed by atoms with Crippen molar-refractivity contribution < 1.29 is 15.0 Å². The van der Waals surface area contributed by atoms with E-state index in [-0.39, 0.29) is 6.61 Å². The summed E-state index contributed by atoms with van der Waals surface area (Å²) in [6, 6.07) is 4.95. The molecule has 1 heterocycles. The molecule has 0 aromatic heterocycles. The number of aliphatic hydroxyl groups excluding tert-OH is 1. The van der Waals surface area contributed by atoms with Gasteiger partial charge in [-0.2, -0.15) is 0 Å². The van der Waals surface area contributed by atoms with E-state index < -0.39 is 17.4 Å². The molecule has 1 aromatic rings. The quantitative estimate of drug-likeness (QED) is 0.740. The summed E-state index contributed by atoms with van der Waals surface area (Å²) >= 11 is 5.93. The van der Waals surface area contributed by atoms with Crippen molar-refractivity contribution in [3.05, 3.63) is 40.9 Å². The van der Waals surface area contributed by atoms with Gasteiger partial charge in [-0.15, -0.1) is 0 Å². The summed E-state index contributed by atoms with van der Waals surface area (Å²) in [6.07, 6.45) is 3.97. The van der Waals surface area contributed by atoms with Crippen LogP contribution in [0.3, 0.4) is 0 Å². The predicted octanol–water partition coefficient (Wildman–Crippen LogP) is 2.05. The number of carbonyl (C=O) groups is 1. The summed E-state index contributed by atoms with van der Waals surface area (Å²) in [5.41, 5.74) is -0.544. The summed E-state index contributed by atoms with van der Waals surface area (Å²) < 4.78 is 0. The Balaban J connectivity index is 2.38. The van der Waals surface area contributed by atoms with Crippen LogP contribution in [0, 0.1) is 5.92 Å². The Hall–Kier alpha value is -1.36. The van der Waals surface area contributed by atoms with Crippen molar-refractivity contribution in [1.82, 2.24) is 0 Å². The molecular weight excluding hydrogens is 266 g/mol. The molecule has 1 amide bonds. The first kappa shape index (κ1) is 14.1. The fraction of sp³-hybridized carbons (Fsp3) is 0.357. The summed E-state index contributed by atoms with van der Waals surface area (Å²) in [6.45, 7) is 1.79. The van der Waals surface area contributed by atoms with Crippen LogP contribution in [0.1, 0.15) is 18.9 Å². The third-order valence-electron chi connectivity index (χ3n) is 3.37. The van der Waals surface area contributed by atoms with Gasteiger partial charge in [0.25, 0.3) is 5.91 Å². The van der Waals surface area contributed by atoms with Crippen LogP contribution in [0.2, 0.25) is 5.02 Å². The average molecular weight is 282 g/mol. The second-order valence-corrected chi connectivity index (χ2v) is 5.08. The van der Waals surface area contributed by atoms with Crippen molar-refractivity contribution in [2.45, 2.75) is 18.9 Å². The third-order valence-corrected chi connectivity index (χ3v) is 3.60. The number of rotatable bonds is 4. The van der Waals surface area contributed by atoms with Gasteiger partial charge < -0.3 is 15.5 Å². The van der Waals surface area contributed by atoms with E-state index in [4.69, 9.17) is 16.7 Å². The Morgan fingerprint density at radius 1 is 1.53 bits per heavy atom. The Morgan fingerprint density at radius 2 is 2.26 bits per heavy atom. The number of amides is 1. The van der Waals surface area contributed by atoms with Crippen LogP contribution < -0.4 is 5.32 Å². The van der Waals surface area contributed by atoms with Gasteiger partial charge in [-0.05, 0) is 24.6 Å². The smallest absolute Gasteiger partial charge is 0.261 e. The second-order valence-electron chi connectivity index (χ2n) is 4.64. The lowest BCUT2D eigenvalue weighted by Gasteiger charge is -2.26. The van der Waals surface area contributed by atoms with E-state index in [2.05, 4.69) is 5.32 Å². The van der Waals surface area contributed by atoms with E-state index in [0.29, 0.717) is 22.7 Å². The minimum atomic E-state index is -1.62. The van der Waals surface area contributed by atoms with Crippen molar-refractivity contribution >= 4 is 23.2 Å². The highest BCUT2D eigenvalue weighted by Crippen LogP contribution is 2.42. The summed E-state index contributed by atoms with van der Waals surface area (Å²) in [5, 5.41) is 22.6. The van der Waals surface area contributed by atoms with E-state index in [1.165, 1.54) is 0 Å². The topological polar surface area (TPSA) is 69.6 Å². The first-order valence-electron chi connectivity index (χ1n) is 6.11. The number of hydrogen-bond donors (Lipinski definition) is 3. The standard InChI is InChI=1S/C14H16ClNO3/c1-9(4-2-3-7-17)14(19)11-8-10(15)5-6-12(11)16-13(14)18/h2,4-6,8-9,17,19H,3,7H2,1H3,(H,16,18)/b4-2+/t9-,14+/m1/s1. The lowest BCUT2D eigenvalue weighted by atomic mass is 9.83. The molecule has 3 N–H and O–H groups in total. The lowest BCUT2D eigenvalue weighted by molar-refractivity contribution is -0.137. The molecule has 0 radical (unpaired) electrons. The normalized spacial score (nSPS) is 23.5. The van der Waals surface area contributed by atoms with Gasteiger partial charge in [0.05, 0.1) is 0 Å². The number of halogens is 1. The van der Waals surface area contributed by atoms with Gasteiger partial charge in [0, 0.05) is 28.8 Å². The zero-order valence-electron chi connectivity index (χ0n) is 10.6. The average Bonchev–Trinajstić information content (AvgIpc) is 2.63. The van der Waals surface area contributed by atoms with E-state index in [1.54, 1.807) is 37.3 Å².